The average Bonchev–Trinajstić information content (AvgIpc) is 2.72. The topological polar surface area (TPSA) is 125 Å². The molecule has 0 saturated carbocycles. The summed E-state index contributed by atoms with van der Waals surface area (Å²) in [4.78, 5) is 14.6. The highest BCUT2D eigenvalue weighted by Gasteiger charge is 2.19. The lowest BCUT2D eigenvalue weighted by atomic mass is 9.95. The molecule has 0 aliphatic heterocycles. The molecule has 30 heavy (non-hydrogen) atoms. The minimum atomic E-state index is -0.645. The Morgan fingerprint density at radius 3 is 2.33 bits per heavy atom. The van der Waals surface area contributed by atoms with E-state index in [0.717, 1.165) is 16.9 Å². The number of anilines is 1. The lowest BCUT2D eigenvalue weighted by molar-refractivity contribution is 0.293. The number of nitrogens with two attached hydrogens (primary N) is 1. The summed E-state index contributed by atoms with van der Waals surface area (Å²) in [6.07, 6.45) is 0. The molecule has 1 heterocycles. The Hall–Kier alpha value is -4.23. The largest absolute Gasteiger partial charge is 0.496 e. The molecule has 7 heteroatoms. The van der Waals surface area contributed by atoms with Crippen LogP contribution in [0.25, 0.3) is 11.1 Å². The first-order valence-electron chi connectivity index (χ1n) is 9.13. The highest BCUT2D eigenvalue weighted by atomic mass is 16.5. The third-order valence-electron chi connectivity index (χ3n) is 4.82. The van der Waals surface area contributed by atoms with E-state index in [9.17, 15) is 15.3 Å². The number of benzene rings is 2. The van der Waals surface area contributed by atoms with Gasteiger partial charge in [-0.2, -0.15) is 10.5 Å². The second-order valence-corrected chi connectivity index (χ2v) is 6.75. The lowest BCUT2D eigenvalue weighted by Gasteiger charge is -2.16. The number of hydrogen-bond acceptors (Lipinski definition) is 6. The van der Waals surface area contributed by atoms with Crippen molar-refractivity contribution in [3.05, 3.63) is 74.6 Å². The van der Waals surface area contributed by atoms with Crippen molar-refractivity contribution in [1.29, 1.82) is 10.5 Å². The molecule has 3 rings (SSSR count). The number of hydrogen-bond donors (Lipinski definition) is 2. The quantitative estimate of drug-likeness (QED) is 0.674. The third kappa shape index (κ3) is 3.69. The van der Waals surface area contributed by atoms with Gasteiger partial charge in [-0.3, -0.25) is 4.79 Å². The fourth-order valence-corrected chi connectivity index (χ4v) is 3.36. The molecule has 0 aliphatic rings. The molecule has 0 unspecified atom stereocenters. The fourth-order valence-electron chi connectivity index (χ4n) is 3.36. The average molecular weight is 400 g/mol. The number of nitrogen functional groups attached to an aromatic ring is 1. The molecule has 1 aromatic heterocycles. The van der Waals surface area contributed by atoms with Crippen molar-refractivity contribution in [3.63, 3.8) is 0 Å². The van der Waals surface area contributed by atoms with Gasteiger partial charge < -0.3 is 20.2 Å². The van der Waals surface area contributed by atoms with Crippen LogP contribution in [0.1, 0.15) is 27.8 Å². The molecule has 2 aromatic carbocycles. The zero-order valence-corrected chi connectivity index (χ0v) is 16.9. The SMILES string of the molecule is COc1ccc(-c2c(C#N)c(N)[nH]c(=O)c2C#N)cc1COc1c(C)cccc1C. The lowest BCUT2D eigenvalue weighted by Crippen LogP contribution is -2.16. The van der Waals surface area contributed by atoms with Gasteiger partial charge in [0.05, 0.1) is 7.11 Å². The highest BCUT2D eigenvalue weighted by Crippen LogP contribution is 2.33. The molecule has 0 bridgehead atoms. The number of para-hydroxylation sites is 1. The van der Waals surface area contributed by atoms with Crippen LogP contribution in [0.5, 0.6) is 11.5 Å². The first kappa shape index (κ1) is 20.5. The number of aromatic amines is 1. The number of H-pyrrole nitrogens is 1. The number of methoxy groups -OCH3 is 1. The van der Waals surface area contributed by atoms with Crippen molar-refractivity contribution < 1.29 is 9.47 Å². The molecule has 0 saturated heterocycles. The summed E-state index contributed by atoms with van der Waals surface area (Å²) >= 11 is 0. The van der Waals surface area contributed by atoms with Crippen LogP contribution in [-0.4, -0.2) is 12.1 Å². The van der Waals surface area contributed by atoms with Crippen LogP contribution in [0.4, 0.5) is 5.82 Å². The fraction of sp³-hybridized carbons (Fsp3) is 0.174. The summed E-state index contributed by atoms with van der Waals surface area (Å²) in [7, 11) is 1.55. The Kier molecular flexibility index (Phi) is 5.75. The minimum absolute atomic E-state index is 0.0398. The van der Waals surface area contributed by atoms with Crippen molar-refractivity contribution in [3.8, 4) is 34.8 Å². The highest BCUT2D eigenvalue weighted by molar-refractivity contribution is 5.80. The smallest absolute Gasteiger partial charge is 0.268 e. The van der Waals surface area contributed by atoms with E-state index in [2.05, 4.69) is 4.98 Å². The Labute approximate surface area is 173 Å². The molecule has 3 aromatic rings. The number of pyridine rings is 1. The molecular weight excluding hydrogens is 380 g/mol. The van der Waals surface area contributed by atoms with Crippen molar-refractivity contribution in [1.82, 2.24) is 4.98 Å². The summed E-state index contributed by atoms with van der Waals surface area (Å²) in [6, 6.07) is 14.9. The molecule has 150 valence electrons. The van der Waals surface area contributed by atoms with Gasteiger partial charge in [0.1, 0.15) is 47.2 Å². The van der Waals surface area contributed by atoms with Crippen LogP contribution in [0.15, 0.2) is 41.2 Å². The van der Waals surface area contributed by atoms with Gasteiger partial charge in [0.15, 0.2) is 0 Å². The third-order valence-corrected chi connectivity index (χ3v) is 4.82. The second kappa shape index (κ2) is 8.42. The normalized spacial score (nSPS) is 10.2. The van der Waals surface area contributed by atoms with Crippen LogP contribution >= 0.6 is 0 Å². The van der Waals surface area contributed by atoms with E-state index in [0.29, 0.717) is 16.9 Å². The first-order valence-corrected chi connectivity index (χ1v) is 9.13. The van der Waals surface area contributed by atoms with Gasteiger partial charge in [-0.25, -0.2) is 0 Å². The van der Waals surface area contributed by atoms with Crippen LogP contribution in [0.3, 0.4) is 0 Å². The van der Waals surface area contributed by atoms with Gasteiger partial charge in [0, 0.05) is 11.1 Å². The molecule has 3 N–H and O–H groups in total. The van der Waals surface area contributed by atoms with Crippen LogP contribution in [-0.2, 0) is 6.61 Å². The number of rotatable bonds is 5. The molecule has 0 radical (unpaired) electrons. The number of nitriles is 2. The number of aromatic nitrogens is 1. The van der Waals surface area contributed by atoms with Crippen molar-refractivity contribution >= 4 is 5.82 Å². The predicted molar refractivity (Wildman–Crippen MR) is 113 cm³/mol. The Balaban J connectivity index is 2.12. The number of nitrogens with one attached hydrogen (secondary N) is 1. The summed E-state index contributed by atoms with van der Waals surface area (Å²) in [5.41, 5.74) is 8.44. The summed E-state index contributed by atoms with van der Waals surface area (Å²) in [5.74, 6) is 1.28. The molecule has 0 amide bonds. The van der Waals surface area contributed by atoms with E-state index in [1.54, 1.807) is 25.3 Å². The van der Waals surface area contributed by atoms with Gasteiger partial charge >= 0.3 is 0 Å². The minimum Gasteiger partial charge on any atom is -0.496 e. The molecular formula is C23H20N4O3. The van der Waals surface area contributed by atoms with Crippen molar-refractivity contribution in [2.24, 2.45) is 0 Å². The van der Waals surface area contributed by atoms with Crippen molar-refractivity contribution in [2.45, 2.75) is 20.5 Å². The molecule has 0 atom stereocenters. The predicted octanol–water partition coefficient (Wildman–Crippen LogP) is 3.57. The Morgan fingerprint density at radius 1 is 1.07 bits per heavy atom. The van der Waals surface area contributed by atoms with Gasteiger partial charge in [0.2, 0.25) is 0 Å². The van der Waals surface area contributed by atoms with E-state index < -0.39 is 5.56 Å². The van der Waals surface area contributed by atoms with Gasteiger partial charge in [-0.1, -0.05) is 24.3 Å². The van der Waals surface area contributed by atoms with E-state index in [1.807, 2.05) is 44.2 Å². The van der Waals surface area contributed by atoms with Crippen molar-refractivity contribution in [2.75, 3.05) is 12.8 Å². The zero-order chi connectivity index (χ0) is 21.8. The summed E-state index contributed by atoms with van der Waals surface area (Å²) < 4.78 is 11.5. The Morgan fingerprint density at radius 2 is 1.73 bits per heavy atom. The number of ether oxygens (including phenoxy) is 2. The van der Waals surface area contributed by atoms with Crippen LogP contribution < -0.4 is 20.8 Å². The molecule has 0 fully saturated rings. The maximum absolute atomic E-state index is 12.2. The molecule has 0 aliphatic carbocycles. The second-order valence-electron chi connectivity index (χ2n) is 6.75. The van der Waals surface area contributed by atoms with Gasteiger partial charge in [-0.05, 0) is 42.7 Å². The molecule has 0 spiro atoms. The zero-order valence-electron chi connectivity index (χ0n) is 16.9. The van der Waals surface area contributed by atoms with Crippen LogP contribution in [0, 0.1) is 36.5 Å². The van der Waals surface area contributed by atoms with E-state index in [1.165, 1.54) is 0 Å². The van der Waals surface area contributed by atoms with E-state index in [-0.39, 0.29) is 29.1 Å². The maximum atomic E-state index is 12.2. The van der Waals surface area contributed by atoms with Crippen LogP contribution in [0.2, 0.25) is 0 Å². The first-order chi connectivity index (χ1) is 14.4. The van der Waals surface area contributed by atoms with E-state index in [4.69, 9.17) is 15.2 Å². The van der Waals surface area contributed by atoms with Gasteiger partial charge in [0.25, 0.3) is 5.56 Å². The standard InChI is InChI=1S/C23H20N4O3/c1-13-5-4-6-14(2)21(13)30-12-16-9-15(7-8-19(16)29-3)20-17(10-24)22(26)27-23(28)18(20)11-25/h4-9H,12H2,1-3H3,(H3,26,27,28). The summed E-state index contributed by atoms with van der Waals surface area (Å²) in [6.45, 7) is 4.13. The number of nitrogens with zero attached hydrogens (tertiary/aromatic N) is 2. The van der Waals surface area contributed by atoms with Gasteiger partial charge in [-0.15, -0.1) is 0 Å². The van der Waals surface area contributed by atoms with E-state index >= 15 is 0 Å². The number of aryl methyl sites for hydroxylation is 2. The monoisotopic (exact) mass is 400 g/mol. The Bertz CT molecular complexity index is 1240. The maximum Gasteiger partial charge on any atom is 0.268 e. The molecule has 7 nitrogen and oxygen atoms in total. The summed E-state index contributed by atoms with van der Waals surface area (Å²) in [5, 5.41) is 19.0.